The molecule has 0 radical (unpaired) electrons. The van der Waals surface area contributed by atoms with Crippen LogP contribution in [0.1, 0.15) is 17.5 Å². The summed E-state index contributed by atoms with van der Waals surface area (Å²) in [5.74, 6) is 0.585. The van der Waals surface area contributed by atoms with E-state index >= 15 is 0 Å². The van der Waals surface area contributed by atoms with Gasteiger partial charge in [0.2, 0.25) is 5.91 Å². The summed E-state index contributed by atoms with van der Waals surface area (Å²) in [6.07, 6.45) is 0.851. The molecule has 3 rings (SSSR count). The predicted octanol–water partition coefficient (Wildman–Crippen LogP) is 2.73. The Morgan fingerprint density at radius 2 is 2.00 bits per heavy atom. The van der Waals surface area contributed by atoms with Crippen LogP contribution in [-0.2, 0) is 17.9 Å². The minimum Gasteiger partial charge on any atom is -0.489 e. The maximum absolute atomic E-state index is 13.1. The number of halogens is 1. The highest BCUT2D eigenvalue weighted by Gasteiger charge is 2.27. The number of amides is 1. The van der Waals surface area contributed by atoms with Crippen LogP contribution in [0, 0.1) is 5.82 Å². The van der Waals surface area contributed by atoms with E-state index in [4.69, 9.17) is 4.74 Å². The molecule has 1 N–H and O–H groups in total. The lowest BCUT2D eigenvalue weighted by molar-refractivity contribution is -0.123. The van der Waals surface area contributed by atoms with Crippen molar-refractivity contribution in [3.8, 4) is 5.75 Å². The molecule has 4 nitrogen and oxygen atoms in total. The van der Waals surface area contributed by atoms with Gasteiger partial charge in [0.15, 0.2) is 0 Å². The van der Waals surface area contributed by atoms with Gasteiger partial charge < -0.3 is 10.1 Å². The van der Waals surface area contributed by atoms with Crippen molar-refractivity contribution < 1.29 is 13.9 Å². The van der Waals surface area contributed by atoms with E-state index in [2.05, 4.69) is 10.2 Å². The van der Waals surface area contributed by atoms with Crippen molar-refractivity contribution in [1.29, 1.82) is 0 Å². The molecule has 0 unspecified atom stereocenters. The molecule has 126 valence electrons. The van der Waals surface area contributed by atoms with Crippen LogP contribution in [0.4, 0.5) is 4.39 Å². The van der Waals surface area contributed by atoms with E-state index in [0.29, 0.717) is 13.2 Å². The third kappa shape index (κ3) is 4.11. The molecule has 2 aromatic carbocycles. The molecule has 1 fully saturated rings. The van der Waals surface area contributed by atoms with Crippen LogP contribution in [0.25, 0.3) is 0 Å². The van der Waals surface area contributed by atoms with Crippen LogP contribution in [0.2, 0.25) is 0 Å². The third-order valence-electron chi connectivity index (χ3n) is 4.20. The first-order valence-electron chi connectivity index (χ1n) is 8.06. The molecule has 1 amide bonds. The van der Waals surface area contributed by atoms with Crippen molar-refractivity contribution in [2.75, 3.05) is 13.6 Å². The molecule has 2 aromatic rings. The summed E-state index contributed by atoms with van der Waals surface area (Å²) in [5, 5.41) is 2.85. The average Bonchev–Trinajstić information content (AvgIpc) is 3.00. The molecule has 5 heteroatoms. The topological polar surface area (TPSA) is 41.6 Å². The van der Waals surface area contributed by atoms with Gasteiger partial charge in [0.25, 0.3) is 0 Å². The fraction of sp³-hybridized carbons (Fsp3) is 0.316. The Hall–Kier alpha value is -2.40. The SMILES string of the molecule is CN(Cc1ccc(OCc2cccc(F)c2)cc1)[C@H]1CCNC1=O. The van der Waals surface area contributed by atoms with Gasteiger partial charge in [0.05, 0.1) is 6.04 Å². The number of nitrogens with zero attached hydrogens (tertiary/aromatic N) is 1. The van der Waals surface area contributed by atoms with Gasteiger partial charge in [-0.3, -0.25) is 9.69 Å². The van der Waals surface area contributed by atoms with Gasteiger partial charge in [0, 0.05) is 13.1 Å². The number of nitrogens with one attached hydrogen (secondary N) is 1. The number of ether oxygens (including phenoxy) is 1. The Balaban J connectivity index is 1.54. The Morgan fingerprint density at radius 3 is 2.67 bits per heavy atom. The van der Waals surface area contributed by atoms with Crippen molar-refractivity contribution in [2.45, 2.75) is 25.6 Å². The van der Waals surface area contributed by atoms with Crippen molar-refractivity contribution in [3.05, 3.63) is 65.5 Å². The van der Waals surface area contributed by atoms with Gasteiger partial charge in [-0.05, 0) is 48.9 Å². The highest BCUT2D eigenvalue weighted by Crippen LogP contribution is 2.17. The molecular weight excluding hydrogens is 307 g/mol. The Bertz CT molecular complexity index is 703. The molecule has 0 spiro atoms. The van der Waals surface area contributed by atoms with Gasteiger partial charge in [-0.1, -0.05) is 24.3 Å². The van der Waals surface area contributed by atoms with E-state index in [1.54, 1.807) is 6.07 Å². The number of hydrogen-bond acceptors (Lipinski definition) is 3. The van der Waals surface area contributed by atoms with Crippen molar-refractivity contribution in [3.63, 3.8) is 0 Å². The minimum absolute atomic E-state index is 0.0473. The summed E-state index contributed by atoms with van der Waals surface area (Å²) in [6, 6.07) is 14.1. The zero-order valence-electron chi connectivity index (χ0n) is 13.7. The van der Waals surface area contributed by atoms with Crippen LogP contribution in [0.3, 0.4) is 0 Å². The lowest BCUT2D eigenvalue weighted by Gasteiger charge is -2.22. The van der Waals surface area contributed by atoms with E-state index in [1.807, 2.05) is 37.4 Å². The van der Waals surface area contributed by atoms with Gasteiger partial charge in [0.1, 0.15) is 18.2 Å². The first kappa shape index (κ1) is 16.5. The monoisotopic (exact) mass is 328 g/mol. The van der Waals surface area contributed by atoms with Gasteiger partial charge in [-0.15, -0.1) is 0 Å². The normalized spacial score (nSPS) is 17.1. The third-order valence-corrected chi connectivity index (χ3v) is 4.20. The molecule has 1 aliphatic rings. The molecule has 0 aromatic heterocycles. The smallest absolute Gasteiger partial charge is 0.237 e. The van der Waals surface area contributed by atoms with Crippen LogP contribution in [0.5, 0.6) is 5.75 Å². The molecule has 1 heterocycles. The molecular formula is C19H21FN2O2. The molecule has 24 heavy (non-hydrogen) atoms. The molecule has 1 aliphatic heterocycles. The fourth-order valence-electron chi connectivity index (χ4n) is 2.88. The molecule has 1 saturated heterocycles. The zero-order valence-corrected chi connectivity index (χ0v) is 13.7. The largest absolute Gasteiger partial charge is 0.489 e. The minimum atomic E-state index is -0.259. The summed E-state index contributed by atoms with van der Waals surface area (Å²) in [4.78, 5) is 13.8. The van der Waals surface area contributed by atoms with E-state index in [9.17, 15) is 9.18 Å². The second-order valence-corrected chi connectivity index (χ2v) is 6.07. The maximum atomic E-state index is 13.1. The van der Waals surface area contributed by atoms with Crippen LogP contribution >= 0.6 is 0 Å². The van der Waals surface area contributed by atoms with E-state index in [0.717, 1.165) is 29.8 Å². The Kier molecular flexibility index (Phi) is 5.11. The Morgan fingerprint density at radius 1 is 1.21 bits per heavy atom. The zero-order chi connectivity index (χ0) is 16.9. The quantitative estimate of drug-likeness (QED) is 0.886. The molecule has 0 saturated carbocycles. The highest BCUT2D eigenvalue weighted by molar-refractivity contribution is 5.83. The second kappa shape index (κ2) is 7.45. The van der Waals surface area contributed by atoms with Gasteiger partial charge in [-0.25, -0.2) is 4.39 Å². The maximum Gasteiger partial charge on any atom is 0.237 e. The van der Waals surface area contributed by atoms with Crippen LogP contribution in [-0.4, -0.2) is 30.4 Å². The lowest BCUT2D eigenvalue weighted by atomic mass is 10.1. The summed E-state index contributed by atoms with van der Waals surface area (Å²) < 4.78 is 18.8. The van der Waals surface area contributed by atoms with Gasteiger partial charge in [-0.2, -0.15) is 0 Å². The number of benzene rings is 2. The summed E-state index contributed by atoms with van der Waals surface area (Å²) in [7, 11) is 1.96. The van der Waals surface area contributed by atoms with E-state index in [1.165, 1.54) is 12.1 Å². The van der Waals surface area contributed by atoms with Gasteiger partial charge >= 0.3 is 0 Å². The van der Waals surface area contributed by atoms with Crippen molar-refractivity contribution >= 4 is 5.91 Å². The highest BCUT2D eigenvalue weighted by atomic mass is 19.1. The van der Waals surface area contributed by atoms with Crippen molar-refractivity contribution in [2.24, 2.45) is 0 Å². The Labute approximate surface area is 141 Å². The van der Waals surface area contributed by atoms with E-state index < -0.39 is 0 Å². The van der Waals surface area contributed by atoms with E-state index in [-0.39, 0.29) is 17.8 Å². The number of carbonyl (C=O) groups excluding carboxylic acids is 1. The summed E-state index contributed by atoms with van der Waals surface area (Å²) in [5.41, 5.74) is 1.92. The average molecular weight is 328 g/mol. The first-order chi connectivity index (χ1) is 11.6. The number of rotatable bonds is 6. The van der Waals surface area contributed by atoms with Crippen LogP contribution in [0.15, 0.2) is 48.5 Å². The molecule has 0 bridgehead atoms. The number of hydrogen-bond donors (Lipinski definition) is 1. The summed E-state index contributed by atoms with van der Waals surface area (Å²) >= 11 is 0. The first-order valence-corrected chi connectivity index (χ1v) is 8.06. The molecule has 0 aliphatic carbocycles. The standard InChI is InChI=1S/C19H21FN2O2/c1-22(18-9-10-21-19(18)23)12-14-5-7-17(8-6-14)24-13-15-3-2-4-16(20)11-15/h2-8,11,18H,9-10,12-13H2,1H3,(H,21,23)/t18-/m0/s1. The lowest BCUT2D eigenvalue weighted by Crippen LogP contribution is -2.37. The number of carbonyl (C=O) groups is 1. The number of likely N-dealkylation sites (N-methyl/N-ethyl adjacent to an activating group) is 1. The summed E-state index contributed by atoms with van der Waals surface area (Å²) in [6.45, 7) is 1.79. The predicted molar refractivity (Wildman–Crippen MR) is 90.1 cm³/mol. The fourth-order valence-corrected chi connectivity index (χ4v) is 2.88. The molecule has 1 atom stereocenters. The van der Waals surface area contributed by atoms with Crippen molar-refractivity contribution in [1.82, 2.24) is 10.2 Å². The second-order valence-electron chi connectivity index (χ2n) is 6.07. The van der Waals surface area contributed by atoms with Crippen LogP contribution < -0.4 is 10.1 Å².